The number of halogens is 2. The fourth-order valence-electron chi connectivity index (χ4n) is 2.54. The lowest BCUT2D eigenvalue weighted by Crippen LogP contribution is -2.29. The van der Waals surface area contributed by atoms with Gasteiger partial charge in [0, 0.05) is 12.6 Å². The van der Waals surface area contributed by atoms with E-state index in [0.29, 0.717) is 12.2 Å². The van der Waals surface area contributed by atoms with E-state index in [1.54, 1.807) is 20.9 Å². The molecule has 150 valence electrons. The van der Waals surface area contributed by atoms with E-state index in [2.05, 4.69) is 0 Å². The van der Waals surface area contributed by atoms with E-state index in [1.165, 1.54) is 29.2 Å². The highest BCUT2D eigenvalue weighted by Gasteiger charge is 2.21. The zero-order chi connectivity index (χ0) is 20.8. The normalized spacial score (nSPS) is 11.6. The Morgan fingerprint density at radius 1 is 1.07 bits per heavy atom. The number of carbonyl (C=O) groups is 2. The molecule has 0 fully saturated rings. The Bertz CT molecular complexity index is 872. The molecule has 1 N–H and O–H groups in total. The number of rotatable bonds is 8. The minimum Gasteiger partial charge on any atom is -0.490 e. The SMILES string of the molecule is CCOc1cc(C(=O)N(C)C(C)c2ccc(F)c(F)c2)ccc1OCC(=O)O. The van der Waals surface area contributed by atoms with E-state index in [9.17, 15) is 18.4 Å². The van der Waals surface area contributed by atoms with Crippen LogP contribution in [0.4, 0.5) is 8.78 Å². The number of hydrogen-bond donors (Lipinski definition) is 1. The van der Waals surface area contributed by atoms with Gasteiger partial charge in [0.15, 0.2) is 29.7 Å². The van der Waals surface area contributed by atoms with Gasteiger partial charge in [-0.15, -0.1) is 0 Å². The van der Waals surface area contributed by atoms with Crippen LogP contribution in [0.2, 0.25) is 0 Å². The highest BCUT2D eigenvalue weighted by molar-refractivity contribution is 5.95. The van der Waals surface area contributed by atoms with Crippen LogP contribution < -0.4 is 9.47 Å². The van der Waals surface area contributed by atoms with Crippen LogP contribution in [0.5, 0.6) is 11.5 Å². The molecule has 0 aliphatic rings. The molecular formula is C20H21F2NO5. The van der Waals surface area contributed by atoms with Crippen molar-refractivity contribution in [1.82, 2.24) is 4.90 Å². The summed E-state index contributed by atoms with van der Waals surface area (Å²) >= 11 is 0. The largest absolute Gasteiger partial charge is 0.490 e. The second-order valence-corrected chi connectivity index (χ2v) is 6.04. The smallest absolute Gasteiger partial charge is 0.341 e. The number of carboxylic acids is 1. The molecule has 8 heteroatoms. The molecule has 0 heterocycles. The summed E-state index contributed by atoms with van der Waals surface area (Å²) in [6.07, 6.45) is 0. The van der Waals surface area contributed by atoms with E-state index < -0.39 is 30.3 Å². The van der Waals surface area contributed by atoms with E-state index in [1.807, 2.05) is 0 Å². The number of amides is 1. The summed E-state index contributed by atoms with van der Waals surface area (Å²) in [5.41, 5.74) is 0.726. The summed E-state index contributed by atoms with van der Waals surface area (Å²) in [6.45, 7) is 3.19. The maximum Gasteiger partial charge on any atom is 0.341 e. The average molecular weight is 393 g/mol. The third-order valence-corrected chi connectivity index (χ3v) is 4.17. The predicted octanol–water partition coefficient (Wildman–Crippen LogP) is 3.66. The molecule has 0 aliphatic carbocycles. The van der Waals surface area contributed by atoms with Gasteiger partial charge < -0.3 is 19.5 Å². The summed E-state index contributed by atoms with van der Waals surface area (Å²) in [4.78, 5) is 24.9. The highest BCUT2D eigenvalue weighted by Crippen LogP contribution is 2.30. The Morgan fingerprint density at radius 2 is 1.79 bits per heavy atom. The van der Waals surface area contributed by atoms with Crippen molar-refractivity contribution in [3.05, 3.63) is 59.2 Å². The van der Waals surface area contributed by atoms with Crippen LogP contribution in [-0.2, 0) is 4.79 Å². The van der Waals surface area contributed by atoms with Gasteiger partial charge in [0.05, 0.1) is 12.6 Å². The number of carbonyl (C=O) groups excluding carboxylic acids is 1. The van der Waals surface area contributed by atoms with Crippen LogP contribution >= 0.6 is 0 Å². The Labute approximate surface area is 161 Å². The van der Waals surface area contributed by atoms with Gasteiger partial charge in [-0.1, -0.05) is 6.07 Å². The molecule has 1 unspecified atom stereocenters. The van der Waals surface area contributed by atoms with Crippen molar-refractivity contribution < 1.29 is 33.0 Å². The lowest BCUT2D eigenvalue weighted by atomic mass is 10.1. The molecule has 28 heavy (non-hydrogen) atoms. The zero-order valence-corrected chi connectivity index (χ0v) is 15.7. The molecular weight excluding hydrogens is 372 g/mol. The first kappa shape index (κ1) is 21.1. The molecule has 1 amide bonds. The van der Waals surface area contributed by atoms with Crippen LogP contribution in [0.15, 0.2) is 36.4 Å². The zero-order valence-electron chi connectivity index (χ0n) is 15.7. The summed E-state index contributed by atoms with van der Waals surface area (Å²) < 4.78 is 37.2. The number of ether oxygens (including phenoxy) is 2. The van der Waals surface area contributed by atoms with E-state index >= 15 is 0 Å². The average Bonchev–Trinajstić information content (AvgIpc) is 2.67. The molecule has 0 saturated heterocycles. The van der Waals surface area contributed by atoms with E-state index in [0.717, 1.165) is 12.1 Å². The lowest BCUT2D eigenvalue weighted by Gasteiger charge is -2.26. The fraction of sp³-hybridized carbons (Fsp3) is 0.300. The molecule has 0 bridgehead atoms. The molecule has 0 saturated carbocycles. The molecule has 0 aromatic heterocycles. The quantitative estimate of drug-likeness (QED) is 0.741. The molecule has 0 radical (unpaired) electrons. The van der Waals surface area contributed by atoms with Gasteiger partial charge in [0.25, 0.3) is 5.91 Å². The van der Waals surface area contributed by atoms with Crippen LogP contribution in [-0.4, -0.2) is 42.1 Å². The lowest BCUT2D eigenvalue weighted by molar-refractivity contribution is -0.139. The van der Waals surface area contributed by atoms with E-state index in [-0.39, 0.29) is 23.0 Å². The summed E-state index contributed by atoms with van der Waals surface area (Å²) in [6, 6.07) is 7.37. The van der Waals surface area contributed by atoms with E-state index in [4.69, 9.17) is 14.6 Å². The van der Waals surface area contributed by atoms with Gasteiger partial charge in [-0.25, -0.2) is 13.6 Å². The highest BCUT2D eigenvalue weighted by atomic mass is 19.2. The first-order valence-electron chi connectivity index (χ1n) is 8.58. The molecule has 2 rings (SSSR count). The Hall–Kier alpha value is -3.16. The maximum atomic E-state index is 13.5. The fourth-order valence-corrected chi connectivity index (χ4v) is 2.54. The minimum atomic E-state index is -1.14. The van der Waals surface area contributed by atoms with Gasteiger partial charge in [-0.2, -0.15) is 0 Å². The van der Waals surface area contributed by atoms with Crippen molar-refractivity contribution in [3.63, 3.8) is 0 Å². The summed E-state index contributed by atoms with van der Waals surface area (Å²) in [5, 5.41) is 8.74. The van der Waals surface area contributed by atoms with Gasteiger partial charge in [0.1, 0.15) is 0 Å². The van der Waals surface area contributed by atoms with Gasteiger partial charge >= 0.3 is 5.97 Å². The number of carboxylic acid groups (broad SMARTS) is 1. The monoisotopic (exact) mass is 393 g/mol. The topological polar surface area (TPSA) is 76.1 Å². The van der Waals surface area contributed by atoms with Crippen molar-refractivity contribution >= 4 is 11.9 Å². The Kier molecular flexibility index (Phi) is 6.92. The van der Waals surface area contributed by atoms with Crippen molar-refractivity contribution in [2.24, 2.45) is 0 Å². The van der Waals surface area contributed by atoms with Gasteiger partial charge in [-0.05, 0) is 49.7 Å². The van der Waals surface area contributed by atoms with Crippen molar-refractivity contribution in [2.45, 2.75) is 19.9 Å². The van der Waals surface area contributed by atoms with Gasteiger partial charge in [0.2, 0.25) is 0 Å². The van der Waals surface area contributed by atoms with Crippen LogP contribution in [0, 0.1) is 11.6 Å². The summed E-state index contributed by atoms with van der Waals surface area (Å²) in [5.74, 6) is -3.00. The van der Waals surface area contributed by atoms with Gasteiger partial charge in [-0.3, -0.25) is 4.79 Å². The number of hydrogen-bond acceptors (Lipinski definition) is 4. The number of nitrogens with zero attached hydrogens (tertiary/aromatic N) is 1. The molecule has 1 atom stereocenters. The van der Waals surface area contributed by atoms with Crippen LogP contribution in [0.3, 0.4) is 0 Å². The standard InChI is InChI=1S/C20H21F2NO5/c1-4-27-18-10-14(6-8-17(18)28-11-19(24)25)20(26)23(3)12(2)13-5-7-15(21)16(22)9-13/h5-10,12H,4,11H2,1-3H3,(H,24,25). The minimum absolute atomic E-state index is 0.206. The van der Waals surface area contributed by atoms with Crippen molar-refractivity contribution in [1.29, 1.82) is 0 Å². The van der Waals surface area contributed by atoms with Crippen molar-refractivity contribution in [2.75, 3.05) is 20.3 Å². The number of benzene rings is 2. The van der Waals surface area contributed by atoms with Crippen LogP contribution in [0.25, 0.3) is 0 Å². The molecule has 0 aliphatic heterocycles. The molecule has 2 aromatic carbocycles. The van der Waals surface area contributed by atoms with Crippen LogP contribution in [0.1, 0.15) is 35.8 Å². The Balaban J connectivity index is 2.24. The Morgan fingerprint density at radius 3 is 2.39 bits per heavy atom. The molecule has 2 aromatic rings. The third-order valence-electron chi connectivity index (χ3n) is 4.17. The maximum absolute atomic E-state index is 13.5. The number of aliphatic carboxylic acids is 1. The second-order valence-electron chi connectivity index (χ2n) is 6.04. The third kappa shape index (κ3) is 4.97. The molecule has 0 spiro atoms. The van der Waals surface area contributed by atoms with Crippen molar-refractivity contribution in [3.8, 4) is 11.5 Å². The second kappa shape index (κ2) is 9.16. The summed E-state index contributed by atoms with van der Waals surface area (Å²) in [7, 11) is 1.55. The first-order valence-corrected chi connectivity index (χ1v) is 8.58. The predicted molar refractivity (Wildman–Crippen MR) is 97.6 cm³/mol. The first-order chi connectivity index (χ1) is 13.2. The molecule has 6 nitrogen and oxygen atoms in total.